The van der Waals surface area contributed by atoms with Crippen molar-refractivity contribution in [3.8, 4) is 11.3 Å². The third-order valence-corrected chi connectivity index (χ3v) is 3.32. The minimum absolute atomic E-state index is 0. The fourth-order valence-electron chi connectivity index (χ4n) is 1.50. The molecule has 0 amide bonds. The van der Waals surface area contributed by atoms with Crippen molar-refractivity contribution in [3.63, 3.8) is 0 Å². The molecule has 0 saturated carbocycles. The summed E-state index contributed by atoms with van der Waals surface area (Å²) in [5.74, 6) is 0. The number of hydrogen-bond acceptors (Lipinski definition) is 6. The van der Waals surface area contributed by atoms with Gasteiger partial charge in [-0.15, -0.1) is 35.4 Å². The van der Waals surface area contributed by atoms with Gasteiger partial charge >= 0.3 is 25.0 Å². The van der Waals surface area contributed by atoms with E-state index >= 15 is 0 Å². The number of aryl methyl sites for hydroxylation is 1. The number of rotatable bonds is 1. The van der Waals surface area contributed by atoms with Gasteiger partial charge in [0.15, 0.2) is 10.1 Å². The molecular formula is C18H16F3N2O4RuS. The number of benzene rings is 1. The number of halogens is 3. The van der Waals surface area contributed by atoms with Crippen LogP contribution in [0.15, 0.2) is 66.9 Å². The summed E-state index contributed by atoms with van der Waals surface area (Å²) in [6.45, 7) is 2.05. The van der Waals surface area contributed by atoms with Crippen molar-refractivity contribution in [1.82, 2.24) is 4.98 Å². The van der Waals surface area contributed by atoms with Gasteiger partial charge in [0.05, 0.1) is 0 Å². The van der Waals surface area contributed by atoms with E-state index in [9.17, 15) is 13.2 Å². The van der Waals surface area contributed by atoms with Gasteiger partial charge in [-0.1, -0.05) is 49.0 Å². The third kappa shape index (κ3) is 12.8. The zero-order valence-corrected chi connectivity index (χ0v) is 17.5. The van der Waals surface area contributed by atoms with Crippen LogP contribution in [0.5, 0.6) is 0 Å². The first-order valence-corrected chi connectivity index (χ1v) is 8.81. The molecule has 0 bridgehead atoms. The van der Waals surface area contributed by atoms with Gasteiger partial charge in [0.2, 0.25) is 0 Å². The normalized spacial score (nSPS) is 11.5. The van der Waals surface area contributed by atoms with E-state index in [2.05, 4.69) is 29.6 Å². The average Bonchev–Trinajstić information content (AvgIpc) is 3.24. The molecule has 157 valence electrons. The molecule has 0 aliphatic heterocycles. The van der Waals surface area contributed by atoms with E-state index in [1.165, 1.54) is 5.56 Å². The van der Waals surface area contributed by atoms with Gasteiger partial charge in [-0.05, 0) is 11.8 Å². The van der Waals surface area contributed by atoms with E-state index in [1.54, 1.807) is 6.20 Å². The summed E-state index contributed by atoms with van der Waals surface area (Å²) in [7, 11) is -6.09. The van der Waals surface area contributed by atoms with Crippen LogP contribution < -0.4 is 0 Å². The first kappa shape index (κ1) is 29.0. The molecule has 3 rings (SSSR count). The monoisotopic (exact) mass is 515 g/mol. The number of hydrogen-bond donors (Lipinski definition) is 1. The van der Waals surface area contributed by atoms with Crippen molar-refractivity contribution in [2.24, 2.45) is 0 Å². The van der Waals surface area contributed by atoms with E-state index in [-0.39, 0.29) is 19.5 Å². The molecule has 1 aliphatic rings. The molecule has 0 spiro atoms. The zero-order chi connectivity index (χ0) is 21.6. The Morgan fingerprint density at radius 1 is 1.03 bits per heavy atom. The Balaban J connectivity index is 0. The predicted molar refractivity (Wildman–Crippen MR) is 97.7 cm³/mol. The smallest absolute Gasteiger partial charge is 0.741 e. The van der Waals surface area contributed by atoms with Crippen molar-refractivity contribution < 1.29 is 45.6 Å². The molecule has 0 saturated heterocycles. The quantitative estimate of drug-likeness (QED) is 0.197. The fourth-order valence-corrected chi connectivity index (χ4v) is 1.50. The van der Waals surface area contributed by atoms with Gasteiger partial charge < -0.3 is 9.54 Å². The SMILES string of the molecule is Cc1c[c-]c(-c2ccccn2)cc1.N=O.O=S(=O)([O-])C(F)(F)F.[CH]1C=CC=C1.[Ru+2]. The Morgan fingerprint density at radius 2 is 1.59 bits per heavy atom. The maximum absolute atomic E-state index is 10.7. The number of pyridine rings is 1. The van der Waals surface area contributed by atoms with Crippen molar-refractivity contribution in [1.29, 1.82) is 5.59 Å². The molecular weight excluding hydrogens is 498 g/mol. The predicted octanol–water partition coefficient (Wildman–Crippen LogP) is 4.55. The number of allylic oxidation sites excluding steroid dienone is 4. The van der Waals surface area contributed by atoms with Crippen molar-refractivity contribution in [3.05, 3.63) is 89.9 Å². The molecule has 0 atom stereocenters. The number of alkyl halides is 3. The van der Waals surface area contributed by atoms with Crippen LogP contribution in [0, 0.1) is 29.9 Å². The van der Waals surface area contributed by atoms with Crippen LogP contribution in [-0.2, 0) is 29.6 Å². The topological polar surface area (TPSA) is 111 Å². The van der Waals surface area contributed by atoms with Gasteiger partial charge in [0.1, 0.15) is 0 Å². The Hall–Kier alpha value is -2.23. The first-order valence-electron chi connectivity index (χ1n) is 7.40. The zero-order valence-electron chi connectivity index (χ0n) is 14.9. The van der Waals surface area contributed by atoms with Crippen LogP contribution in [-0.4, -0.2) is 23.5 Å². The Kier molecular flexibility index (Phi) is 14.7. The molecule has 1 radical (unpaired) electrons. The van der Waals surface area contributed by atoms with Crippen LogP contribution in [0.1, 0.15) is 5.56 Å². The fraction of sp³-hybridized carbons (Fsp3) is 0.111. The molecule has 1 aromatic heterocycles. The van der Waals surface area contributed by atoms with E-state index in [0.29, 0.717) is 0 Å². The number of nitroso groups, excluding NO2 is 1. The minimum Gasteiger partial charge on any atom is -0.741 e. The van der Waals surface area contributed by atoms with Crippen molar-refractivity contribution in [2.45, 2.75) is 12.4 Å². The molecule has 6 nitrogen and oxygen atoms in total. The maximum atomic E-state index is 10.7. The van der Waals surface area contributed by atoms with E-state index in [0.717, 1.165) is 11.3 Å². The summed E-state index contributed by atoms with van der Waals surface area (Å²) in [4.78, 5) is 11.7. The van der Waals surface area contributed by atoms with Gasteiger partial charge in [0.25, 0.3) is 0 Å². The number of nitrogens with one attached hydrogen (secondary N) is 1. The van der Waals surface area contributed by atoms with Gasteiger partial charge in [-0.25, -0.2) is 8.42 Å². The molecule has 2 aromatic rings. The summed E-state index contributed by atoms with van der Waals surface area (Å²) >= 11 is 0. The van der Waals surface area contributed by atoms with Crippen molar-refractivity contribution >= 4 is 10.1 Å². The van der Waals surface area contributed by atoms with Crippen LogP contribution in [0.4, 0.5) is 13.2 Å². The largest absolute Gasteiger partial charge is 2.00 e. The van der Waals surface area contributed by atoms with Crippen LogP contribution in [0.25, 0.3) is 11.3 Å². The molecule has 0 unspecified atom stereocenters. The first-order chi connectivity index (χ1) is 13.1. The van der Waals surface area contributed by atoms with Crippen LogP contribution >= 0.6 is 0 Å². The molecule has 1 N–H and O–H groups in total. The second kappa shape index (κ2) is 14.7. The summed E-state index contributed by atoms with van der Waals surface area (Å²) in [5, 5.41) is 0. The van der Waals surface area contributed by atoms with E-state index < -0.39 is 15.6 Å². The second-order valence-electron chi connectivity index (χ2n) is 4.86. The van der Waals surface area contributed by atoms with E-state index in [1.807, 2.05) is 61.1 Å². The molecule has 11 heteroatoms. The molecule has 1 aliphatic carbocycles. The van der Waals surface area contributed by atoms with E-state index in [4.69, 9.17) is 17.9 Å². The van der Waals surface area contributed by atoms with Gasteiger partial charge in [0, 0.05) is 12.6 Å². The molecule has 0 fully saturated rings. The van der Waals surface area contributed by atoms with Crippen molar-refractivity contribution in [2.75, 3.05) is 0 Å². The summed E-state index contributed by atoms with van der Waals surface area (Å²) < 4.78 is 58.9. The van der Waals surface area contributed by atoms with Crippen LogP contribution in [0.3, 0.4) is 0 Å². The number of aromatic nitrogens is 1. The average molecular weight is 514 g/mol. The van der Waals surface area contributed by atoms with Gasteiger partial charge in [-0.2, -0.15) is 18.1 Å². The maximum Gasteiger partial charge on any atom is 2.00 e. The summed E-state index contributed by atoms with van der Waals surface area (Å²) in [6.07, 6.45) is 11.8. The minimum atomic E-state index is -6.09. The molecule has 1 heterocycles. The second-order valence-corrected chi connectivity index (χ2v) is 6.23. The Bertz CT molecular complexity index is 847. The third-order valence-electron chi connectivity index (χ3n) is 2.75. The standard InChI is InChI=1S/C12H10N.C5H5.CHF3O3S.HNO.Ru/c1-10-5-7-11(8-6-10)12-4-2-3-9-13-12;1-2-4-5-3-1;2-1(3,4)8(5,6)7;1-2;/h2-7,9H,1H3;1-5H;(H,5,6,7);1H;/q-1;;;;+2/p-1. The van der Waals surface area contributed by atoms with Gasteiger partial charge in [-0.3, -0.25) is 0 Å². The molecule has 29 heavy (non-hydrogen) atoms. The summed E-state index contributed by atoms with van der Waals surface area (Å²) in [6, 6.07) is 15.2. The van der Waals surface area contributed by atoms with Crippen LogP contribution in [0.2, 0.25) is 0 Å². The Morgan fingerprint density at radius 3 is 1.90 bits per heavy atom. The molecule has 1 aromatic carbocycles. The summed E-state index contributed by atoms with van der Waals surface area (Å²) in [5.41, 5.74) is 2.10. The number of nitrogens with zero attached hydrogens (tertiary/aromatic N) is 1. The Labute approximate surface area is 179 Å².